The van der Waals surface area contributed by atoms with Gasteiger partial charge in [-0.2, -0.15) is 0 Å². The number of hydrogen-bond donors (Lipinski definition) is 1. The van der Waals surface area contributed by atoms with Crippen LogP contribution in [0.3, 0.4) is 0 Å². The molecule has 0 unspecified atom stereocenters. The molecule has 5 heteroatoms. The molecule has 1 fully saturated rings. The van der Waals surface area contributed by atoms with Crippen molar-refractivity contribution in [1.82, 2.24) is 4.98 Å². The number of nitrogens with zero attached hydrogens (tertiary/aromatic N) is 3. The summed E-state index contributed by atoms with van der Waals surface area (Å²) in [7, 11) is 0. The van der Waals surface area contributed by atoms with Crippen LogP contribution >= 0.6 is 11.6 Å². The molecule has 1 aromatic heterocycles. The molecule has 0 radical (unpaired) electrons. The summed E-state index contributed by atoms with van der Waals surface area (Å²) in [5.74, 6) is 0.992. The van der Waals surface area contributed by atoms with Crippen LogP contribution in [0, 0.1) is 0 Å². The Morgan fingerprint density at radius 3 is 2.15 bits per heavy atom. The van der Waals surface area contributed by atoms with Gasteiger partial charge in [-0.05, 0) is 36.4 Å². The van der Waals surface area contributed by atoms with Gasteiger partial charge < -0.3 is 15.5 Å². The first kappa shape index (κ1) is 13.1. The van der Waals surface area contributed by atoms with Crippen LogP contribution in [0.15, 0.2) is 42.6 Å². The summed E-state index contributed by atoms with van der Waals surface area (Å²) in [5, 5.41) is 0.675. The lowest BCUT2D eigenvalue weighted by atomic mass is 10.2. The molecule has 1 aliphatic heterocycles. The highest BCUT2D eigenvalue weighted by atomic mass is 35.5. The van der Waals surface area contributed by atoms with E-state index in [0.29, 0.717) is 5.02 Å². The monoisotopic (exact) mass is 288 g/mol. The standard InChI is InChI=1S/C15H17ClN4/c16-12-1-6-15(18-11-12)20-9-7-19(8-10-20)14-4-2-13(17)3-5-14/h1-6,11H,7-10,17H2. The quantitative estimate of drug-likeness (QED) is 0.863. The van der Waals surface area contributed by atoms with Crippen LogP contribution in [0.4, 0.5) is 17.2 Å². The number of piperazine rings is 1. The summed E-state index contributed by atoms with van der Waals surface area (Å²) < 4.78 is 0. The van der Waals surface area contributed by atoms with Gasteiger partial charge in [0.05, 0.1) is 5.02 Å². The summed E-state index contributed by atoms with van der Waals surface area (Å²) in [6.07, 6.45) is 1.70. The number of rotatable bonds is 2. The lowest BCUT2D eigenvalue weighted by molar-refractivity contribution is 0.647. The van der Waals surface area contributed by atoms with Gasteiger partial charge in [-0.15, -0.1) is 0 Å². The smallest absolute Gasteiger partial charge is 0.128 e. The average Bonchev–Trinajstić information content (AvgIpc) is 2.49. The normalized spacial score (nSPS) is 15.4. The molecule has 1 aliphatic rings. The van der Waals surface area contributed by atoms with E-state index in [-0.39, 0.29) is 0 Å². The van der Waals surface area contributed by atoms with Crippen molar-refractivity contribution in [3.8, 4) is 0 Å². The molecule has 1 aromatic carbocycles. The Labute approximate surface area is 123 Å². The fraction of sp³-hybridized carbons (Fsp3) is 0.267. The Balaban J connectivity index is 1.64. The maximum absolute atomic E-state index is 5.87. The van der Waals surface area contributed by atoms with Crippen molar-refractivity contribution in [3.63, 3.8) is 0 Å². The zero-order chi connectivity index (χ0) is 13.9. The molecule has 0 bridgehead atoms. The fourth-order valence-corrected chi connectivity index (χ4v) is 2.55. The number of hydrogen-bond acceptors (Lipinski definition) is 4. The molecular formula is C15H17ClN4. The second-order valence-electron chi connectivity index (χ2n) is 4.90. The van der Waals surface area contributed by atoms with Crippen molar-refractivity contribution in [3.05, 3.63) is 47.6 Å². The van der Waals surface area contributed by atoms with Crippen LogP contribution < -0.4 is 15.5 Å². The van der Waals surface area contributed by atoms with Gasteiger partial charge in [0.15, 0.2) is 0 Å². The second kappa shape index (κ2) is 5.59. The second-order valence-corrected chi connectivity index (χ2v) is 5.34. The lowest BCUT2D eigenvalue weighted by Crippen LogP contribution is -2.46. The van der Waals surface area contributed by atoms with Crippen molar-refractivity contribution in [2.45, 2.75) is 0 Å². The highest BCUT2D eigenvalue weighted by Gasteiger charge is 2.18. The fourth-order valence-electron chi connectivity index (χ4n) is 2.43. The van der Waals surface area contributed by atoms with Gasteiger partial charge in [0.25, 0.3) is 0 Å². The average molecular weight is 289 g/mol. The van der Waals surface area contributed by atoms with Crippen LogP contribution in [0.1, 0.15) is 0 Å². The molecule has 20 heavy (non-hydrogen) atoms. The Morgan fingerprint density at radius 2 is 1.55 bits per heavy atom. The maximum Gasteiger partial charge on any atom is 0.128 e. The van der Waals surface area contributed by atoms with Gasteiger partial charge >= 0.3 is 0 Å². The number of aromatic nitrogens is 1. The Hall–Kier alpha value is -1.94. The molecule has 104 valence electrons. The van der Waals surface area contributed by atoms with E-state index in [4.69, 9.17) is 17.3 Å². The largest absolute Gasteiger partial charge is 0.399 e. The van der Waals surface area contributed by atoms with E-state index in [1.54, 1.807) is 6.20 Å². The number of pyridine rings is 1. The summed E-state index contributed by atoms with van der Waals surface area (Å²) in [4.78, 5) is 9.02. The Bertz CT molecular complexity index is 506. The predicted octanol–water partition coefficient (Wildman–Crippen LogP) is 2.64. The highest BCUT2D eigenvalue weighted by Crippen LogP contribution is 2.21. The summed E-state index contributed by atoms with van der Waals surface area (Å²) >= 11 is 5.87. The molecule has 2 aromatic rings. The van der Waals surface area contributed by atoms with E-state index >= 15 is 0 Å². The van der Waals surface area contributed by atoms with Crippen LogP contribution in [-0.2, 0) is 0 Å². The number of nitrogens with two attached hydrogens (primary N) is 1. The van der Waals surface area contributed by atoms with E-state index in [1.165, 1.54) is 5.69 Å². The third-order valence-corrected chi connectivity index (χ3v) is 3.80. The number of anilines is 3. The van der Waals surface area contributed by atoms with E-state index in [9.17, 15) is 0 Å². The molecule has 4 nitrogen and oxygen atoms in total. The molecule has 0 spiro atoms. The minimum atomic E-state index is 0.675. The molecule has 0 amide bonds. The van der Waals surface area contributed by atoms with Crippen LogP contribution in [0.25, 0.3) is 0 Å². The molecule has 2 heterocycles. The molecule has 0 saturated carbocycles. The molecule has 3 rings (SSSR count). The predicted molar refractivity (Wildman–Crippen MR) is 84.5 cm³/mol. The SMILES string of the molecule is Nc1ccc(N2CCN(c3ccc(Cl)cn3)CC2)cc1. The Kier molecular flexibility index (Phi) is 3.65. The van der Waals surface area contributed by atoms with E-state index in [0.717, 1.165) is 37.7 Å². The lowest BCUT2D eigenvalue weighted by Gasteiger charge is -2.36. The van der Waals surface area contributed by atoms with Crippen molar-refractivity contribution in [2.75, 3.05) is 41.7 Å². The van der Waals surface area contributed by atoms with E-state index in [1.807, 2.05) is 24.3 Å². The topological polar surface area (TPSA) is 45.4 Å². The van der Waals surface area contributed by atoms with Gasteiger partial charge in [0.2, 0.25) is 0 Å². The minimum absolute atomic E-state index is 0.675. The Morgan fingerprint density at radius 1 is 0.900 bits per heavy atom. The van der Waals surface area contributed by atoms with Crippen LogP contribution in [-0.4, -0.2) is 31.2 Å². The van der Waals surface area contributed by atoms with Crippen molar-refractivity contribution in [1.29, 1.82) is 0 Å². The molecule has 2 N–H and O–H groups in total. The molecular weight excluding hydrogens is 272 g/mol. The third kappa shape index (κ3) is 2.80. The van der Waals surface area contributed by atoms with E-state index < -0.39 is 0 Å². The van der Waals surface area contributed by atoms with Crippen molar-refractivity contribution >= 4 is 28.8 Å². The first-order valence-electron chi connectivity index (χ1n) is 6.69. The van der Waals surface area contributed by atoms with Crippen molar-refractivity contribution in [2.24, 2.45) is 0 Å². The van der Waals surface area contributed by atoms with Gasteiger partial charge in [0, 0.05) is 43.8 Å². The summed E-state index contributed by atoms with van der Waals surface area (Å²) in [5.41, 5.74) is 7.75. The number of benzene rings is 1. The van der Waals surface area contributed by atoms with E-state index in [2.05, 4.69) is 26.9 Å². The van der Waals surface area contributed by atoms with Gasteiger partial charge in [-0.3, -0.25) is 0 Å². The first-order valence-corrected chi connectivity index (χ1v) is 7.07. The van der Waals surface area contributed by atoms with Gasteiger partial charge in [0.1, 0.15) is 5.82 Å². The van der Waals surface area contributed by atoms with Gasteiger partial charge in [-0.1, -0.05) is 11.6 Å². The molecule has 0 atom stereocenters. The summed E-state index contributed by atoms with van der Waals surface area (Å²) in [6, 6.07) is 11.9. The van der Waals surface area contributed by atoms with Crippen LogP contribution in [0.2, 0.25) is 5.02 Å². The zero-order valence-electron chi connectivity index (χ0n) is 11.2. The highest BCUT2D eigenvalue weighted by molar-refractivity contribution is 6.30. The van der Waals surface area contributed by atoms with Crippen molar-refractivity contribution < 1.29 is 0 Å². The van der Waals surface area contributed by atoms with Crippen LogP contribution in [0.5, 0.6) is 0 Å². The summed E-state index contributed by atoms with van der Waals surface area (Å²) in [6.45, 7) is 3.88. The number of nitrogen functional groups attached to an aromatic ring is 1. The zero-order valence-corrected chi connectivity index (χ0v) is 11.9. The molecule has 0 aliphatic carbocycles. The third-order valence-electron chi connectivity index (χ3n) is 3.57. The minimum Gasteiger partial charge on any atom is -0.399 e. The maximum atomic E-state index is 5.87. The van der Waals surface area contributed by atoms with Gasteiger partial charge in [-0.25, -0.2) is 4.98 Å². The molecule has 1 saturated heterocycles. The first-order chi connectivity index (χ1) is 9.72. The number of halogens is 1.